The number of anilines is 1. The Hall–Kier alpha value is -6.36. The third kappa shape index (κ3) is 7.62. The lowest BCUT2D eigenvalue weighted by Crippen LogP contribution is -2.41. The Bertz CT molecular complexity index is 2160. The van der Waals surface area contributed by atoms with Crippen molar-refractivity contribution < 1.29 is 51.3 Å². The topological polar surface area (TPSA) is 181 Å². The first-order chi connectivity index (χ1) is 24.4. The van der Waals surface area contributed by atoms with Crippen LogP contribution < -0.4 is 10.9 Å². The number of rotatable bonds is 9. The van der Waals surface area contributed by atoms with E-state index in [1.165, 1.54) is 31.2 Å². The van der Waals surface area contributed by atoms with E-state index in [-0.39, 0.29) is 28.2 Å². The van der Waals surface area contributed by atoms with Crippen LogP contribution in [0.1, 0.15) is 49.8 Å². The Morgan fingerprint density at radius 1 is 0.863 bits per heavy atom. The number of aromatic amines is 1. The molecule has 2 N–H and O–H groups in total. The number of imidazole rings is 1. The van der Waals surface area contributed by atoms with Gasteiger partial charge in [-0.15, -0.1) is 0 Å². The number of fused-ring (bicyclic) bond motifs is 1. The van der Waals surface area contributed by atoms with Crippen molar-refractivity contribution in [2.75, 3.05) is 11.9 Å². The monoisotopic (exact) mass is 705 g/mol. The summed E-state index contributed by atoms with van der Waals surface area (Å²) in [5.41, 5.74) is -2.57. The molecule has 1 fully saturated rings. The molecular formula is C34H26F3N5O9. The van der Waals surface area contributed by atoms with Crippen LogP contribution >= 0.6 is 0 Å². The molecule has 0 saturated carbocycles. The lowest BCUT2D eigenvalue weighted by atomic mass is 10.1. The number of nitrogens with one attached hydrogen (secondary N) is 2. The number of hydrogen-bond acceptors (Lipinski definition) is 11. The standard InChI is InChI=1S/C34H26F3N5O9/c1-18(43)39-33-40-27-24(28(44)41-33)42(17-38-27)29-26(51-32(47)21-13-8-14-22(15-21)34(35,36)37)25(50-31(46)20-11-6-3-7-12-20)23(49-29)16-48-30(45)19-9-4-2-5-10-19/h2-15,17,23,25-26,29H,16H2,1H3,(H2,39,40,41,43,44)/t23-,25-,26-,29-/m1/s1. The summed E-state index contributed by atoms with van der Waals surface area (Å²) in [6.45, 7) is 0.628. The van der Waals surface area contributed by atoms with Crippen molar-refractivity contribution in [2.24, 2.45) is 0 Å². The molecule has 3 aromatic carbocycles. The van der Waals surface area contributed by atoms with Crippen molar-refractivity contribution in [3.8, 4) is 0 Å². The summed E-state index contributed by atoms with van der Waals surface area (Å²) >= 11 is 0. The van der Waals surface area contributed by atoms with Gasteiger partial charge in [0.2, 0.25) is 11.9 Å². The first kappa shape index (κ1) is 34.5. The van der Waals surface area contributed by atoms with Crippen molar-refractivity contribution in [3.05, 3.63) is 124 Å². The largest absolute Gasteiger partial charge is 0.459 e. The van der Waals surface area contributed by atoms with E-state index in [1.807, 2.05) is 0 Å². The number of carbonyl (C=O) groups excluding carboxylic acids is 4. The molecule has 51 heavy (non-hydrogen) atoms. The molecule has 1 amide bonds. The van der Waals surface area contributed by atoms with Gasteiger partial charge in [-0.1, -0.05) is 42.5 Å². The molecular weight excluding hydrogens is 679 g/mol. The molecule has 1 saturated heterocycles. The van der Waals surface area contributed by atoms with Gasteiger partial charge in [0.05, 0.1) is 22.3 Å². The summed E-state index contributed by atoms with van der Waals surface area (Å²) in [5.74, 6) is -3.68. The van der Waals surface area contributed by atoms with E-state index >= 15 is 0 Å². The van der Waals surface area contributed by atoms with Crippen LogP contribution in [0.3, 0.4) is 0 Å². The number of hydrogen-bond donors (Lipinski definition) is 2. The molecule has 14 nitrogen and oxygen atoms in total. The number of amides is 1. The summed E-state index contributed by atoms with van der Waals surface area (Å²) in [6.07, 6.45) is -9.83. The molecule has 1 aliphatic heterocycles. The van der Waals surface area contributed by atoms with Crippen molar-refractivity contribution >= 4 is 40.9 Å². The number of ether oxygens (including phenoxy) is 4. The maximum absolute atomic E-state index is 13.5. The number of benzene rings is 3. The van der Waals surface area contributed by atoms with Crippen molar-refractivity contribution in [3.63, 3.8) is 0 Å². The highest BCUT2D eigenvalue weighted by Crippen LogP contribution is 2.37. The van der Waals surface area contributed by atoms with Crippen molar-refractivity contribution in [1.82, 2.24) is 19.5 Å². The summed E-state index contributed by atoms with van der Waals surface area (Å²) in [6, 6.07) is 19.1. The van der Waals surface area contributed by atoms with E-state index in [2.05, 4.69) is 20.3 Å². The lowest BCUT2D eigenvalue weighted by Gasteiger charge is -2.25. The summed E-state index contributed by atoms with van der Waals surface area (Å²) in [7, 11) is 0. The van der Waals surface area contributed by atoms with E-state index in [0.29, 0.717) is 6.07 Å². The van der Waals surface area contributed by atoms with Gasteiger partial charge in [-0.25, -0.2) is 19.4 Å². The van der Waals surface area contributed by atoms with Crippen LogP contribution in [0.25, 0.3) is 11.2 Å². The smallest absolute Gasteiger partial charge is 0.416 e. The van der Waals surface area contributed by atoms with E-state index < -0.39 is 77.8 Å². The highest BCUT2D eigenvalue weighted by molar-refractivity contribution is 5.91. The van der Waals surface area contributed by atoms with Gasteiger partial charge >= 0.3 is 24.1 Å². The van der Waals surface area contributed by atoms with Crippen LogP contribution in [0, 0.1) is 0 Å². The Balaban J connectivity index is 1.41. The zero-order chi connectivity index (χ0) is 36.3. The van der Waals surface area contributed by atoms with E-state index in [0.717, 1.165) is 29.1 Å². The van der Waals surface area contributed by atoms with Crippen molar-refractivity contribution in [1.29, 1.82) is 0 Å². The van der Waals surface area contributed by atoms with E-state index in [1.54, 1.807) is 36.4 Å². The second kappa shape index (κ2) is 14.2. The van der Waals surface area contributed by atoms with Gasteiger partial charge in [0, 0.05) is 6.92 Å². The third-order valence-electron chi connectivity index (χ3n) is 7.60. The first-order valence-electron chi connectivity index (χ1n) is 15.2. The molecule has 3 heterocycles. The number of nitrogens with zero attached hydrogens (tertiary/aromatic N) is 3. The molecule has 0 spiro atoms. The maximum Gasteiger partial charge on any atom is 0.416 e. The minimum absolute atomic E-state index is 0.0863. The quantitative estimate of drug-likeness (QED) is 0.165. The molecule has 1 aliphatic rings. The Morgan fingerprint density at radius 3 is 2.12 bits per heavy atom. The van der Waals surface area contributed by atoms with Gasteiger partial charge in [0.15, 0.2) is 29.6 Å². The average Bonchev–Trinajstić information content (AvgIpc) is 3.68. The van der Waals surface area contributed by atoms with Gasteiger partial charge in [-0.2, -0.15) is 18.2 Å². The molecule has 4 atom stereocenters. The van der Waals surface area contributed by atoms with Crippen LogP contribution in [-0.4, -0.2) is 68.3 Å². The summed E-state index contributed by atoms with van der Waals surface area (Å²) in [4.78, 5) is 75.2. The van der Waals surface area contributed by atoms with Crippen LogP contribution in [-0.2, 0) is 29.9 Å². The molecule has 17 heteroatoms. The van der Waals surface area contributed by atoms with Crippen LogP contribution in [0.15, 0.2) is 96.1 Å². The normalized spacial score (nSPS) is 18.6. The van der Waals surface area contributed by atoms with Gasteiger partial charge in [0.25, 0.3) is 5.56 Å². The fourth-order valence-electron chi connectivity index (χ4n) is 5.30. The SMILES string of the molecule is CC(=O)Nc1nc2ncn([C@@H]3O[C@H](COC(=O)c4ccccc4)[C@@H](OC(=O)c4ccccc4)[C@H]3OC(=O)c3cccc(C(F)(F)F)c3)c2c(=O)[nH]1. The van der Waals surface area contributed by atoms with Crippen molar-refractivity contribution in [2.45, 2.75) is 37.6 Å². The molecule has 0 aliphatic carbocycles. The fraction of sp³-hybridized carbons (Fsp3) is 0.206. The Morgan fingerprint density at radius 2 is 1.47 bits per heavy atom. The number of halogens is 3. The Labute approximate surface area is 285 Å². The summed E-state index contributed by atoms with van der Waals surface area (Å²) < 4.78 is 64.9. The second-order valence-corrected chi connectivity index (χ2v) is 11.1. The fourth-order valence-corrected chi connectivity index (χ4v) is 5.30. The number of carbonyl (C=O) groups is 4. The summed E-state index contributed by atoms with van der Waals surface area (Å²) in [5, 5.41) is 2.34. The zero-order valence-electron chi connectivity index (χ0n) is 26.3. The van der Waals surface area contributed by atoms with E-state index in [9.17, 15) is 37.1 Å². The van der Waals surface area contributed by atoms with Gasteiger partial charge in [0.1, 0.15) is 19.0 Å². The van der Waals surface area contributed by atoms with Crippen LogP contribution in [0.4, 0.5) is 19.1 Å². The number of alkyl halides is 3. The van der Waals surface area contributed by atoms with Gasteiger partial charge in [-0.3, -0.25) is 24.5 Å². The molecule has 262 valence electrons. The molecule has 0 radical (unpaired) electrons. The Kier molecular flexibility index (Phi) is 9.63. The van der Waals surface area contributed by atoms with Gasteiger partial charge in [-0.05, 0) is 42.5 Å². The average molecular weight is 706 g/mol. The zero-order valence-corrected chi connectivity index (χ0v) is 26.3. The van der Waals surface area contributed by atoms with Crippen LogP contribution in [0.2, 0.25) is 0 Å². The maximum atomic E-state index is 13.5. The van der Waals surface area contributed by atoms with Gasteiger partial charge < -0.3 is 18.9 Å². The number of esters is 3. The number of aromatic nitrogens is 4. The highest BCUT2D eigenvalue weighted by atomic mass is 19.4. The first-order valence-corrected chi connectivity index (χ1v) is 15.2. The molecule has 5 aromatic rings. The molecule has 0 unspecified atom stereocenters. The second-order valence-electron chi connectivity index (χ2n) is 11.1. The lowest BCUT2D eigenvalue weighted by molar-refractivity contribution is -0.137. The highest BCUT2D eigenvalue weighted by Gasteiger charge is 2.52. The van der Waals surface area contributed by atoms with E-state index in [4.69, 9.17) is 18.9 Å². The minimum atomic E-state index is -4.78. The molecule has 0 bridgehead atoms. The third-order valence-corrected chi connectivity index (χ3v) is 7.60. The molecule has 2 aromatic heterocycles. The predicted molar refractivity (Wildman–Crippen MR) is 169 cm³/mol. The molecule has 6 rings (SSSR count). The minimum Gasteiger partial charge on any atom is -0.459 e. The van der Waals surface area contributed by atoms with Crippen LogP contribution in [0.5, 0.6) is 0 Å². The number of H-pyrrole nitrogens is 1. The predicted octanol–water partition coefficient (Wildman–Crippen LogP) is 4.30.